The molecule has 0 aliphatic rings. The zero-order valence-electron chi connectivity index (χ0n) is 10.1. The van der Waals surface area contributed by atoms with Gasteiger partial charge in [-0.3, -0.25) is 0 Å². The summed E-state index contributed by atoms with van der Waals surface area (Å²) in [5.74, 6) is 2.46. The standard InChI is InChI=1S/C12H27N/c1-10(2)7-6-8-13-9-12(5)11(3)4/h10-13H,6-9H2,1-5H3. The molecule has 0 aliphatic carbocycles. The smallest absolute Gasteiger partial charge is 0.00207 e. The summed E-state index contributed by atoms with van der Waals surface area (Å²) in [4.78, 5) is 0. The van der Waals surface area contributed by atoms with Crippen LogP contribution in [0.3, 0.4) is 0 Å². The fourth-order valence-corrected chi connectivity index (χ4v) is 1.20. The molecule has 0 fully saturated rings. The van der Waals surface area contributed by atoms with E-state index in [0.717, 1.165) is 17.8 Å². The third-order valence-corrected chi connectivity index (χ3v) is 2.74. The summed E-state index contributed by atoms with van der Waals surface area (Å²) in [7, 11) is 0. The number of nitrogens with one attached hydrogen (secondary N) is 1. The molecule has 1 unspecified atom stereocenters. The zero-order valence-corrected chi connectivity index (χ0v) is 10.1. The van der Waals surface area contributed by atoms with Crippen LogP contribution < -0.4 is 5.32 Å². The second-order valence-corrected chi connectivity index (χ2v) is 4.96. The number of rotatable bonds is 7. The monoisotopic (exact) mass is 185 g/mol. The summed E-state index contributed by atoms with van der Waals surface area (Å²) >= 11 is 0. The summed E-state index contributed by atoms with van der Waals surface area (Å²) in [5.41, 5.74) is 0. The molecule has 0 heterocycles. The molecule has 0 spiro atoms. The van der Waals surface area contributed by atoms with Crippen molar-refractivity contribution in [2.75, 3.05) is 13.1 Å². The SMILES string of the molecule is CC(C)CCCNCC(C)C(C)C. The van der Waals surface area contributed by atoms with Gasteiger partial charge in [-0.2, -0.15) is 0 Å². The van der Waals surface area contributed by atoms with Crippen LogP contribution >= 0.6 is 0 Å². The fourth-order valence-electron chi connectivity index (χ4n) is 1.20. The van der Waals surface area contributed by atoms with Gasteiger partial charge >= 0.3 is 0 Å². The molecule has 0 amide bonds. The van der Waals surface area contributed by atoms with E-state index in [4.69, 9.17) is 0 Å². The minimum atomic E-state index is 0.803. The minimum absolute atomic E-state index is 0.803. The van der Waals surface area contributed by atoms with Gasteiger partial charge in [-0.05, 0) is 43.7 Å². The number of hydrogen-bond donors (Lipinski definition) is 1. The maximum absolute atomic E-state index is 3.52. The summed E-state index contributed by atoms with van der Waals surface area (Å²) < 4.78 is 0. The van der Waals surface area contributed by atoms with E-state index < -0.39 is 0 Å². The number of hydrogen-bond acceptors (Lipinski definition) is 1. The van der Waals surface area contributed by atoms with Gasteiger partial charge in [0, 0.05) is 0 Å². The van der Waals surface area contributed by atoms with Crippen molar-refractivity contribution in [3.05, 3.63) is 0 Å². The van der Waals surface area contributed by atoms with Gasteiger partial charge in [-0.1, -0.05) is 34.6 Å². The van der Waals surface area contributed by atoms with Crippen LogP contribution in [0.5, 0.6) is 0 Å². The van der Waals surface area contributed by atoms with E-state index in [1.807, 2.05) is 0 Å². The lowest BCUT2D eigenvalue weighted by Gasteiger charge is -2.16. The van der Waals surface area contributed by atoms with Crippen molar-refractivity contribution in [3.8, 4) is 0 Å². The molecule has 0 aromatic rings. The van der Waals surface area contributed by atoms with Crippen LogP contribution in [0.4, 0.5) is 0 Å². The molecule has 0 rings (SSSR count). The van der Waals surface area contributed by atoms with E-state index in [1.54, 1.807) is 0 Å². The Balaban J connectivity index is 3.16. The lowest BCUT2D eigenvalue weighted by atomic mass is 9.98. The van der Waals surface area contributed by atoms with Crippen molar-refractivity contribution < 1.29 is 0 Å². The van der Waals surface area contributed by atoms with Crippen molar-refractivity contribution in [2.45, 2.75) is 47.5 Å². The van der Waals surface area contributed by atoms with Gasteiger partial charge in [0.15, 0.2) is 0 Å². The van der Waals surface area contributed by atoms with Gasteiger partial charge in [-0.15, -0.1) is 0 Å². The molecule has 0 aliphatic heterocycles. The van der Waals surface area contributed by atoms with Gasteiger partial charge in [0.25, 0.3) is 0 Å². The summed E-state index contributed by atoms with van der Waals surface area (Å²) in [5, 5.41) is 3.52. The topological polar surface area (TPSA) is 12.0 Å². The van der Waals surface area contributed by atoms with Gasteiger partial charge < -0.3 is 5.32 Å². The third-order valence-electron chi connectivity index (χ3n) is 2.74. The third kappa shape index (κ3) is 8.29. The highest BCUT2D eigenvalue weighted by Crippen LogP contribution is 2.07. The largest absolute Gasteiger partial charge is 0.316 e. The Labute approximate surface area is 84.3 Å². The highest BCUT2D eigenvalue weighted by molar-refractivity contribution is 4.60. The molecule has 0 saturated carbocycles. The lowest BCUT2D eigenvalue weighted by Crippen LogP contribution is -2.25. The first-order valence-corrected chi connectivity index (χ1v) is 5.74. The van der Waals surface area contributed by atoms with Gasteiger partial charge in [0.2, 0.25) is 0 Å². The maximum atomic E-state index is 3.52. The second-order valence-electron chi connectivity index (χ2n) is 4.96. The van der Waals surface area contributed by atoms with Crippen LogP contribution in [0.1, 0.15) is 47.5 Å². The van der Waals surface area contributed by atoms with E-state index in [2.05, 4.69) is 39.9 Å². The van der Waals surface area contributed by atoms with E-state index in [9.17, 15) is 0 Å². The normalized spacial score (nSPS) is 14.1. The summed E-state index contributed by atoms with van der Waals surface area (Å²) in [6.45, 7) is 13.8. The molecular formula is C12H27N. The van der Waals surface area contributed by atoms with Crippen molar-refractivity contribution in [1.29, 1.82) is 0 Å². The quantitative estimate of drug-likeness (QED) is 0.600. The molecule has 13 heavy (non-hydrogen) atoms. The Morgan fingerprint density at radius 2 is 1.62 bits per heavy atom. The Bertz CT molecular complexity index is 108. The minimum Gasteiger partial charge on any atom is -0.316 e. The predicted molar refractivity (Wildman–Crippen MR) is 60.9 cm³/mol. The van der Waals surface area contributed by atoms with Crippen LogP contribution in [0.2, 0.25) is 0 Å². The van der Waals surface area contributed by atoms with Crippen molar-refractivity contribution >= 4 is 0 Å². The van der Waals surface area contributed by atoms with Crippen molar-refractivity contribution in [3.63, 3.8) is 0 Å². The molecular weight excluding hydrogens is 158 g/mol. The molecule has 0 aromatic carbocycles. The molecule has 1 heteroatoms. The summed E-state index contributed by atoms with van der Waals surface area (Å²) in [6, 6.07) is 0. The predicted octanol–water partition coefficient (Wildman–Crippen LogP) is 3.30. The van der Waals surface area contributed by atoms with E-state index >= 15 is 0 Å². The molecule has 80 valence electrons. The second kappa shape index (κ2) is 7.37. The van der Waals surface area contributed by atoms with Crippen LogP contribution in [0.15, 0.2) is 0 Å². The van der Waals surface area contributed by atoms with Crippen LogP contribution in [-0.2, 0) is 0 Å². The van der Waals surface area contributed by atoms with E-state index in [0.29, 0.717) is 0 Å². The van der Waals surface area contributed by atoms with Gasteiger partial charge in [0.05, 0.1) is 0 Å². The fraction of sp³-hybridized carbons (Fsp3) is 1.00. The van der Waals surface area contributed by atoms with Crippen LogP contribution in [0.25, 0.3) is 0 Å². The molecule has 1 nitrogen and oxygen atoms in total. The Hall–Kier alpha value is -0.0400. The van der Waals surface area contributed by atoms with Gasteiger partial charge in [-0.25, -0.2) is 0 Å². The first kappa shape index (κ1) is 13.0. The lowest BCUT2D eigenvalue weighted by molar-refractivity contribution is 0.388. The Kier molecular flexibility index (Phi) is 7.35. The molecule has 1 atom stereocenters. The molecule has 0 aromatic heterocycles. The zero-order chi connectivity index (χ0) is 10.3. The van der Waals surface area contributed by atoms with Crippen molar-refractivity contribution in [1.82, 2.24) is 5.32 Å². The molecule has 0 bridgehead atoms. The Morgan fingerprint density at radius 3 is 2.08 bits per heavy atom. The van der Waals surface area contributed by atoms with Crippen LogP contribution in [-0.4, -0.2) is 13.1 Å². The first-order chi connectivity index (χ1) is 6.04. The highest BCUT2D eigenvalue weighted by Gasteiger charge is 2.05. The first-order valence-electron chi connectivity index (χ1n) is 5.74. The summed E-state index contributed by atoms with van der Waals surface area (Å²) in [6.07, 6.45) is 2.67. The van der Waals surface area contributed by atoms with Crippen molar-refractivity contribution in [2.24, 2.45) is 17.8 Å². The Morgan fingerprint density at radius 1 is 1.00 bits per heavy atom. The molecule has 1 N–H and O–H groups in total. The average molecular weight is 185 g/mol. The molecule has 0 radical (unpaired) electrons. The molecule has 0 saturated heterocycles. The highest BCUT2D eigenvalue weighted by atomic mass is 14.8. The van der Waals surface area contributed by atoms with Crippen LogP contribution in [0, 0.1) is 17.8 Å². The van der Waals surface area contributed by atoms with Gasteiger partial charge in [0.1, 0.15) is 0 Å². The average Bonchev–Trinajstić information content (AvgIpc) is 2.02. The maximum Gasteiger partial charge on any atom is -0.00207 e. The van der Waals surface area contributed by atoms with E-state index in [1.165, 1.54) is 25.9 Å². The van der Waals surface area contributed by atoms with E-state index in [-0.39, 0.29) is 0 Å².